The van der Waals surface area contributed by atoms with E-state index in [2.05, 4.69) is 0 Å². The van der Waals surface area contributed by atoms with Crippen LogP contribution in [0.5, 0.6) is 11.5 Å². The molecule has 0 aromatic heterocycles. The molecule has 0 heterocycles. The fraction of sp³-hybridized carbons (Fsp3) is 0. The first-order chi connectivity index (χ1) is 8.61. The van der Waals surface area contributed by atoms with Gasteiger partial charge in [0.15, 0.2) is 17.9 Å². The third-order valence-electron chi connectivity index (χ3n) is 2.24. The average molecular weight is 285 g/mol. The molecule has 2 aromatic rings. The van der Waals surface area contributed by atoms with Crippen LogP contribution in [0.2, 0.25) is 10.0 Å². The molecule has 0 saturated heterocycles. The van der Waals surface area contributed by atoms with E-state index in [1.807, 2.05) is 0 Å². The minimum absolute atomic E-state index is 0.126. The maximum Gasteiger partial charge on any atom is 0.173 e. The second kappa shape index (κ2) is 5.38. The van der Waals surface area contributed by atoms with E-state index in [0.29, 0.717) is 17.1 Å². The van der Waals surface area contributed by atoms with E-state index in [0.717, 1.165) is 0 Å². The molecule has 0 spiro atoms. The molecule has 0 aliphatic heterocycles. The maximum atomic E-state index is 13.6. The van der Waals surface area contributed by atoms with E-state index in [-0.39, 0.29) is 16.3 Å². The van der Waals surface area contributed by atoms with Gasteiger partial charge < -0.3 is 4.74 Å². The first kappa shape index (κ1) is 12.9. The Kier molecular flexibility index (Phi) is 3.84. The van der Waals surface area contributed by atoms with Crippen molar-refractivity contribution in [2.45, 2.75) is 0 Å². The number of benzene rings is 2. The maximum absolute atomic E-state index is 13.6. The molecule has 0 fully saturated rings. The van der Waals surface area contributed by atoms with Crippen LogP contribution in [0.3, 0.4) is 0 Å². The van der Waals surface area contributed by atoms with Gasteiger partial charge in [0.1, 0.15) is 5.75 Å². The molecule has 0 unspecified atom stereocenters. The molecule has 0 saturated carbocycles. The number of carbonyl (C=O) groups is 1. The lowest BCUT2D eigenvalue weighted by atomic mass is 10.2. The van der Waals surface area contributed by atoms with Gasteiger partial charge in [-0.25, -0.2) is 4.39 Å². The highest BCUT2D eigenvalue weighted by atomic mass is 35.5. The normalized spacial score (nSPS) is 10.2. The van der Waals surface area contributed by atoms with E-state index in [9.17, 15) is 9.18 Å². The molecule has 0 N–H and O–H groups in total. The molecule has 2 rings (SSSR count). The van der Waals surface area contributed by atoms with Gasteiger partial charge in [-0.3, -0.25) is 4.79 Å². The molecule has 2 aromatic carbocycles. The Balaban J connectivity index is 2.39. The Labute approximate surface area is 113 Å². The van der Waals surface area contributed by atoms with Gasteiger partial charge in [0.2, 0.25) is 0 Å². The fourth-order valence-corrected chi connectivity index (χ4v) is 1.67. The van der Waals surface area contributed by atoms with Crippen molar-refractivity contribution in [1.82, 2.24) is 0 Å². The van der Waals surface area contributed by atoms with Crippen LogP contribution in [0, 0.1) is 5.82 Å². The first-order valence-electron chi connectivity index (χ1n) is 4.98. The smallest absolute Gasteiger partial charge is 0.173 e. The van der Waals surface area contributed by atoms with Crippen molar-refractivity contribution in [1.29, 1.82) is 0 Å². The van der Waals surface area contributed by atoms with Gasteiger partial charge in [0.05, 0.1) is 15.6 Å². The van der Waals surface area contributed by atoms with Crippen LogP contribution < -0.4 is 4.74 Å². The minimum atomic E-state index is -0.620. The largest absolute Gasteiger partial charge is 0.453 e. The van der Waals surface area contributed by atoms with E-state index < -0.39 is 5.82 Å². The van der Waals surface area contributed by atoms with Gasteiger partial charge >= 0.3 is 0 Å². The summed E-state index contributed by atoms with van der Waals surface area (Å²) in [7, 11) is 0. The quantitative estimate of drug-likeness (QED) is 0.761. The third-order valence-corrected chi connectivity index (χ3v) is 2.97. The van der Waals surface area contributed by atoms with Gasteiger partial charge in [-0.1, -0.05) is 29.3 Å². The van der Waals surface area contributed by atoms with Crippen LogP contribution >= 0.6 is 23.2 Å². The Morgan fingerprint density at radius 3 is 2.56 bits per heavy atom. The summed E-state index contributed by atoms with van der Waals surface area (Å²) in [5.74, 6) is -0.450. The molecule has 2 nitrogen and oxygen atoms in total. The number of aldehydes is 1. The van der Waals surface area contributed by atoms with Crippen LogP contribution in [0.25, 0.3) is 0 Å². The minimum Gasteiger partial charge on any atom is -0.453 e. The predicted octanol–water partition coefficient (Wildman–Crippen LogP) is 4.74. The van der Waals surface area contributed by atoms with E-state index >= 15 is 0 Å². The lowest BCUT2D eigenvalue weighted by molar-refractivity contribution is 0.112. The van der Waals surface area contributed by atoms with Crippen LogP contribution in [0.15, 0.2) is 36.4 Å². The number of carbonyl (C=O) groups excluding carboxylic acids is 1. The van der Waals surface area contributed by atoms with Crippen molar-refractivity contribution in [2.24, 2.45) is 0 Å². The average Bonchev–Trinajstić information content (AvgIpc) is 2.36. The molecule has 0 aliphatic rings. The predicted molar refractivity (Wildman–Crippen MR) is 68.3 cm³/mol. The summed E-state index contributed by atoms with van der Waals surface area (Å²) in [5, 5.41) is 0.659. The van der Waals surface area contributed by atoms with Crippen LogP contribution in [0.4, 0.5) is 4.39 Å². The number of ether oxygens (including phenoxy) is 1. The van der Waals surface area contributed by atoms with Crippen LogP contribution in [0.1, 0.15) is 10.4 Å². The molecule has 0 aliphatic carbocycles. The van der Waals surface area contributed by atoms with Gasteiger partial charge in [0.25, 0.3) is 0 Å². The van der Waals surface area contributed by atoms with Gasteiger partial charge in [-0.2, -0.15) is 0 Å². The highest BCUT2D eigenvalue weighted by Gasteiger charge is 2.11. The fourth-order valence-electron chi connectivity index (χ4n) is 1.38. The Morgan fingerprint density at radius 2 is 1.89 bits per heavy atom. The zero-order valence-corrected chi connectivity index (χ0v) is 10.5. The van der Waals surface area contributed by atoms with Crippen molar-refractivity contribution in [2.75, 3.05) is 0 Å². The van der Waals surface area contributed by atoms with Gasteiger partial charge in [-0.15, -0.1) is 0 Å². The van der Waals surface area contributed by atoms with Crippen molar-refractivity contribution in [3.63, 3.8) is 0 Å². The van der Waals surface area contributed by atoms with E-state index in [1.165, 1.54) is 36.4 Å². The lowest BCUT2D eigenvalue weighted by Gasteiger charge is -2.09. The van der Waals surface area contributed by atoms with Gasteiger partial charge in [0, 0.05) is 6.07 Å². The Hall–Kier alpha value is -1.58. The Morgan fingerprint density at radius 1 is 1.11 bits per heavy atom. The summed E-state index contributed by atoms with van der Waals surface area (Å²) >= 11 is 11.6. The summed E-state index contributed by atoms with van der Waals surface area (Å²) in [4.78, 5) is 10.8. The zero-order chi connectivity index (χ0) is 13.1. The van der Waals surface area contributed by atoms with Crippen molar-refractivity contribution in [3.05, 3.63) is 57.8 Å². The summed E-state index contributed by atoms with van der Waals surface area (Å²) in [5.41, 5.74) is 0.126. The summed E-state index contributed by atoms with van der Waals surface area (Å²) < 4.78 is 18.9. The third kappa shape index (κ3) is 2.63. The van der Waals surface area contributed by atoms with Crippen molar-refractivity contribution in [3.8, 4) is 11.5 Å². The molecule has 5 heteroatoms. The summed E-state index contributed by atoms with van der Waals surface area (Å²) in [6.45, 7) is 0. The molecule has 0 bridgehead atoms. The molecule has 92 valence electrons. The molecular formula is C13H7Cl2FO2. The first-order valence-corrected chi connectivity index (χ1v) is 5.74. The monoisotopic (exact) mass is 284 g/mol. The highest BCUT2D eigenvalue weighted by Crippen LogP contribution is 2.31. The number of rotatable bonds is 3. The second-order valence-corrected chi connectivity index (χ2v) is 4.27. The number of para-hydroxylation sites is 1. The Bertz CT molecular complexity index is 600. The molecule has 0 radical (unpaired) electrons. The summed E-state index contributed by atoms with van der Waals surface area (Å²) in [6, 6.07) is 8.62. The number of hydrogen-bond donors (Lipinski definition) is 0. The van der Waals surface area contributed by atoms with Crippen molar-refractivity contribution >= 4 is 29.5 Å². The van der Waals surface area contributed by atoms with Crippen LogP contribution in [-0.2, 0) is 0 Å². The van der Waals surface area contributed by atoms with Crippen LogP contribution in [-0.4, -0.2) is 6.29 Å². The summed E-state index contributed by atoms with van der Waals surface area (Å²) in [6.07, 6.45) is 0.524. The highest BCUT2D eigenvalue weighted by molar-refractivity contribution is 6.42. The molecule has 0 amide bonds. The van der Waals surface area contributed by atoms with E-state index in [4.69, 9.17) is 27.9 Å². The standard InChI is InChI=1S/C13H7Cl2FO2/c14-10-5-4-9(6-11(10)15)18-13-8(7-17)2-1-3-12(13)16/h1-7H. The lowest BCUT2D eigenvalue weighted by Crippen LogP contribution is -1.94. The number of hydrogen-bond acceptors (Lipinski definition) is 2. The van der Waals surface area contributed by atoms with Crippen molar-refractivity contribution < 1.29 is 13.9 Å². The number of halogens is 3. The second-order valence-electron chi connectivity index (χ2n) is 3.45. The SMILES string of the molecule is O=Cc1cccc(F)c1Oc1ccc(Cl)c(Cl)c1. The van der Waals surface area contributed by atoms with E-state index in [1.54, 1.807) is 0 Å². The van der Waals surface area contributed by atoms with Gasteiger partial charge in [-0.05, 0) is 24.3 Å². The molecular weight excluding hydrogens is 278 g/mol. The zero-order valence-electron chi connectivity index (χ0n) is 8.99. The topological polar surface area (TPSA) is 26.3 Å². The molecule has 0 atom stereocenters. The molecule has 18 heavy (non-hydrogen) atoms.